The number of hydrogen-bond donors (Lipinski definition) is 1. The molecule has 1 aromatic rings. The average Bonchev–Trinajstić information content (AvgIpc) is 2.72. The van der Waals surface area contributed by atoms with Crippen molar-refractivity contribution in [1.29, 1.82) is 0 Å². The summed E-state index contributed by atoms with van der Waals surface area (Å²) in [7, 11) is 2.16. The fourth-order valence-electron chi connectivity index (χ4n) is 2.77. The van der Waals surface area contributed by atoms with Crippen LogP contribution < -0.4 is 10.1 Å². The van der Waals surface area contributed by atoms with Crippen molar-refractivity contribution < 1.29 is 4.74 Å². The van der Waals surface area contributed by atoms with Crippen LogP contribution >= 0.6 is 0 Å². The first-order valence-electron chi connectivity index (χ1n) is 6.49. The highest BCUT2D eigenvalue weighted by atomic mass is 16.5. The molecular weight excluding hydrogens is 212 g/mol. The van der Waals surface area contributed by atoms with Gasteiger partial charge < -0.3 is 10.1 Å². The summed E-state index contributed by atoms with van der Waals surface area (Å²) in [5, 5.41) is 3.40. The lowest BCUT2D eigenvalue weighted by molar-refractivity contribution is 0.165. The lowest BCUT2D eigenvalue weighted by Gasteiger charge is -2.25. The lowest BCUT2D eigenvalue weighted by atomic mass is 10.1. The van der Waals surface area contributed by atoms with Crippen molar-refractivity contribution in [1.82, 2.24) is 10.2 Å². The van der Waals surface area contributed by atoms with E-state index >= 15 is 0 Å². The molecule has 92 valence electrons. The Balaban J connectivity index is 1.77. The van der Waals surface area contributed by atoms with Crippen LogP contribution in [-0.4, -0.2) is 31.1 Å². The Kier molecular flexibility index (Phi) is 3.04. The molecule has 0 spiro atoms. The van der Waals surface area contributed by atoms with Gasteiger partial charge in [-0.3, -0.25) is 4.90 Å². The Morgan fingerprint density at radius 1 is 1.35 bits per heavy atom. The van der Waals surface area contributed by atoms with Crippen LogP contribution in [0, 0.1) is 0 Å². The molecule has 1 unspecified atom stereocenters. The van der Waals surface area contributed by atoms with Crippen LogP contribution in [0.25, 0.3) is 0 Å². The van der Waals surface area contributed by atoms with Crippen LogP contribution in [0.2, 0.25) is 0 Å². The van der Waals surface area contributed by atoms with Gasteiger partial charge in [-0.1, -0.05) is 12.1 Å². The van der Waals surface area contributed by atoms with Gasteiger partial charge in [-0.05, 0) is 38.1 Å². The molecule has 1 N–H and O–H groups in total. The Bertz CT molecular complexity index is 399. The summed E-state index contributed by atoms with van der Waals surface area (Å²) >= 11 is 0. The van der Waals surface area contributed by atoms with E-state index in [2.05, 4.69) is 35.5 Å². The van der Waals surface area contributed by atoms with Crippen molar-refractivity contribution in [2.45, 2.75) is 32.0 Å². The number of hydrogen-bond acceptors (Lipinski definition) is 3. The summed E-state index contributed by atoms with van der Waals surface area (Å²) in [4.78, 5) is 2.33. The minimum absolute atomic E-state index is 0.348. The summed E-state index contributed by atoms with van der Waals surface area (Å²) in [6, 6.07) is 6.45. The van der Waals surface area contributed by atoms with Crippen LogP contribution in [0.5, 0.6) is 5.75 Å². The molecule has 2 heterocycles. The van der Waals surface area contributed by atoms with E-state index in [0.29, 0.717) is 6.10 Å². The first kappa shape index (κ1) is 11.1. The molecule has 0 aromatic heterocycles. The Morgan fingerprint density at radius 2 is 2.29 bits per heavy atom. The van der Waals surface area contributed by atoms with Gasteiger partial charge in [0.1, 0.15) is 11.9 Å². The number of fused-ring (bicyclic) bond motifs is 1. The third-order valence-electron chi connectivity index (χ3n) is 3.64. The number of benzene rings is 1. The molecule has 1 aromatic carbocycles. The largest absolute Gasteiger partial charge is 0.489 e. The van der Waals surface area contributed by atoms with Crippen LogP contribution in [0.1, 0.15) is 24.0 Å². The monoisotopic (exact) mass is 232 g/mol. The molecular formula is C14H20N2O. The van der Waals surface area contributed by atoms with Gasteiger partial charge in [0.25, 0.3) is 0 Å². The van der Waals surface area contributed by atoms with Crippen LogP contribution in [-0.2, 0) is 13.1 Å². The Labute approximate surface area is 103 Å². The second kappa shape index (κ2) is 4.67. The summed E-state index contributed by atoms with van der Waals surface area (Å²) in [5.74, 6) is 1.10. The van der Waals surface area contributed by atoms with Gasteiger partial charge in [-0.2, -0.15) is 0 Å². The van der Waals surface area contributed by atoms with Crippen molar-refractivity contribution in [3.63, 3.8) is 0 Å². The predicted octanol–water partition coefficient (Wildman–Crippen LogP) is 1.76. The van der Waals surface area contributed by atoms with E-state index < -0.39 is 0 Å². The zero-order valence-electron chi connectivity index (χ0n) is 10.4. The molecule has 3 rings (SSSR count). The quantitative estimate of drug-likeness (QED) is 0.841. The van der Waals surface area contributed by atoms with E-state index in [1.807, 2.05) is 0 Å². The highest BCUT2D eigenvalue weighted by Gasteiger charge is 2.22. The Morgan fingerprint density at radius 3 is 3.12 bits per heavy atom. The van der Waals surface area contributed by atoms with E-state index in [1.165, 1.54) is 24.0 Å². The number of piperidine rings is 1. The number of rotatable bonds is 2. The molecule has 0 saturated carbocycles. The van der Waals surface area contributed by atoms with E-state index in [9.17, 15) is 0 Å². The molecule has 3 heteroatoms. The first-order chi connectivity index (χ1) is 8.33. The van der Waals surface area contributed by atoms with Crippen LogP contribution in [0.4, 0.5) is 0 Å². The standard InChI is InChI=1S/C14H20N2O/c1-16-9-11-4-2-6-14(13(11)10-16)17-12-5-3-7-15-8-12/h2,4,6,12,15H,3,5,7-10H2,1H3. The van der Waals surface area contributed by atoms with Crippen molar-refractivity contribution in [2.24, 2.45) is 0 Å². The predicted molar refractivity (Wildman–Crippen MR) is 68.1 cm³/mol. The molecule has 1 fully saturated rings. The van der Waals surface area contributed by atoms with Gasteiger partial charge >= 0.3 is 0 Å². The minimum atomic E-state index is 0.348. The van der Waals surface area contributed by atoms with Crippen molar-refractivity contribution in [2.75, 3.05) is 20.1 Å². The van der Waals surface area contributed by atoms with Gasteiger partial charge in [0.2, 0.25) is 0 Å². The highest BCUT2D eigenvalue weighted by Crippen LogP contribution is 2.31. The second-order valence-electron chi connectivity index (χ2n) is 5.15. The van der Waals surface area contributed by atoms with E-state index in [0.717, 1.165) is 31.9 Å². The number of nitrogens with one attached hydrogen (secondary N) is 1. The Hall–Kier alpha value is -1.06. The maximum atomic E-state index is 6.16. The van der Waals surface area contributed by atoms with Gasteiger partial charge in [0, 0.05) is 25.2 Å². The number of nitrogens with zero attached hydrogens (tertiary/aromatic N) is 1. The van der Waals surface area contributed by atoms with Crippen molar-refractivity contribution in [3.8, 4) is 5.75 Å². The van der Waals surface area contributed by atoms with Crippen molar-refractivity contribution >= 4 is 0 Å². The maximum Gasteiger partial charge on any atom is 0.124 e. The summed E-state index contributed by atoms with van der Waals surface area (Å²) in [6.45, 7) is 4.19. The van der Waals surface area contributed by atoms with Crippen molar-refractivity contribution in [3.05, 3.63) is 29.3 Å². The van der Waals surface area contributed by atoms with Gasteiger partial charge in [-0.15, -0.1) is 0 Å². The molecule has 0 bridgehead atoms. The minimum Gasteiger partial charge on any atom is -0.489 e. The summed E-state index contributed by atoms with van der Waals surface area (Å²) in [6.07, 6.45) is 2.74. The number of ether oxygens (including phenoxy) is 1. The van der Waals surface area contributed by atoms with Crippen LogP contribution in [0.15, 0.2) is 18.2 Å². The summed E-state index contributed by atoms with van der Waals surface area (Å²) in [5.41, 5.74) is 2.81. The third kappa shape index (κ3) is 2.31. The van der Waals surface area contributed by atoms with Gasteiger partial charge in [0.05, 0.1) is 0 Å². The smallest absolute Gasteiger partial charge is 0.124 e. The molecule has 1 saturated heterocycles. The van der Waals surface area contributed by atoms with Gasteiger partial charge in [-0.25, -0.2) is 0 Å². The summed E-state index contributed by atoms with van der Waals surface area (Å²) < 4.78 is 6.16. The molecule has 0 radical (unpaired) electrons. The first-order valence-corrected chi connectivity index (χ1v) is 6.49. The zero-order chi connectivity index (χ0) is 11.7. The van der Waals surface area contributed by atoms with E-state index in [4.69, 9.17) is 4.74 Å². The topological polar surface area (TPSA) is 24.5 Å². The average molecular weight is 232 g/mol. The van der Waals surface area contributed by atoms with Crippen LogP contribution in [0.3, 0.4) is 0 Å². The molecule has 17 heavy (non-hydrogen) atoms. The van der Waals surface area contributed by atoms with E-state index in [-0.39, 0.29) is 0 Å². The molecule has 1 atom stereocenters. The SMILES string of the molecule is CN1Cc2cccc(OC3CCCNC3)c2C1. The third-order valence-corrected chi connectivity index (χ3v) is 3.64. The maximum absolute atomic E-state index is 6.16. The molecule has 3 nitrogen and oxygen atoms in total. The lowest BCUT2D eigenvalue weighted by Crippen LogP contribution is -2.37. The fraction of sp³-hybridized carbons (Fsp3) is 0.571. The second-order valence-corrected chi connectivity index (χ2v) is 5.15. The molecule has 0 amide bonds. The van der Waals surface area contributed by atoms with Gasteiger partial charge in [0.15, 0.2) is 0 Å². The molecule has 2 aliphatic rings. The fourth-order valence-corrected chi connectivity index (χ4v) is 2.77. The molecule has 2 aliphatic heterocycles. The normalized spacial score (nSPS) is 24.6. The highest BCUT2D eigenvalue weighted by molar-refractivity contribution is 5.42. The molecule has 0 aliphatic carbocycles. The van der Waals surface area contributed by atoms with E-state index in [1.54, 1.807) is 0 Å². The zero-order valence-corrected chi connectivity index (χ0v) is 10.4.